The number of rotatable bonds is 8. The van der Waals surface area contributed by atoms with Crippen molar-refractivity contribution in [2.45, 2.75) is 11.5 Å². The second kappa shape index (κ2) is 9.90. The van der Waals surface area contributed by atoms with Gasteiger partial charge in [0, 0.05) is 34.1 Å². The molecule has 0 amide bonds. The highest BCUT2D eigenvalue weighted by atomic mass is 35.5. The number of halogens is 4. The molecule has 0 saturated heterocycles. The van der Waals surface area contributed by atoms with Gasteiger partial charge in [0.2, 0.25) is 0 Å². The second-order valence-corrected chi connectivity index (χ2v) is 7.49. The van der Waals surface area contributed by atoms with Gasteiger partial charge in [-0.3, -0.25) is 0 Å². The van der Waals surface area contributed by atoms with Crippen LogP contribution in [-0.4, -0.2) is 34.9 Å². The largest absolute Gasteiger partial charge is 0.396 e. The minimum absolute atomic E-state index is 0.0945. The molecule has 8 heteroatoms. The molecule has 0 aliphatic carbocycles. The zero-order chi connectivity index (χ0) is 15.1. The first-order valence-corrected chi connectivity index (χ1v) is 9.57. The maximum Gasteiger partial charge on any atom is 0.0651 e. The third-order valence-electron chi connectivity index (χ3n) is 2.41. The first-order valence-electron chi connectivity index (χ1n) is 5.75. The molecule has 0 aliphatic heterocycles. The lowest BCUT2D eigenvalue weighted by molar-refractivity contribution is 0.322. The van der Waals surface area contributed by atoms with Crippen LogP contribution in [0.1, 0.15) is 11.1 Å². The molecule has 20 heavy (non-hydrogen) atoms. The van der Waals surface area contributed by atoms with Crippen molar-refractivity contribution in [1.29, 1.82) is 0 Å². The number of aliphatic hydroxyl groups excluding tert-OH is 2. The summed E-state index contributed by atoms with van der Waals surface area (Å²) in [6.45, 7) is 0.189. The Balaban J connectivity index is 3.00. The van der Waals surface area contributed by atoms with Crippen LogP contribution in [0, 0.1) is 0 Å². The van der Waals surface area contributed by atoms with Crippen molar-refractivity contribution < 1.29 is 10.2 Å². The van der Waals surface area contributed by atoms with Crippen LogP contribution in [0.4, 0.5) is 0 Å². The molecule has 0 saturated carbocycles. The number of benzene rings is 1. The van der Waals surface area contributed by atoms with Crippen molar-refractivity contribution in [3.05, 3.63) is 31.2 Å². The smallest absolute Gasteiger partial charge is 0.0651 e. The highest BCUT2D eigenvalue weighted by Crippen LogP contribution is 2.43. The fourth-order valence-electron chi connectivity index (χ4n) is 1.45. The highest BCUT2D eigenvalue weighted by Gasteiger charge is 2.19. The van der Waals surface area contributed by atoms with Crippen LogP contribution >= 0.6 is 69.9 Å². The molecule has 1 aromatic rings. The molecule has 0 radical (unpaired) electrons. The van der Waals surface area contributed by atoms with Gasteiger partial charge in [-0.25, -0.2) is 0 Å². The van der Waals surface area contributed by atoms with E-state index in [4.69, 9.17) is 56.6 Å². The van der Waals surface area contributed by atoms with E-state index in [0.717, 1.165) is 0 Å². The van der Waals surface area contributed by atoms with Crippen molar-refractivity contribution in [2.75, 3.05) is 24.7 Å². The summed E-state index contributed by atoms with van der Waals surface area (Å²) in [6, 6.07) is 0. The molecule has 2 N–H and O–H groups in total. The quantitative estimate of drug-likeness (QED) is 0.492. The number of hydrogen-bond donors (Lipinski definition) is 2. The summed E-state index contributed by atoms with van der Waals surface area (Å²) >= 11 is 28.0. The van der Waals surface area contributed by atoms with Gasteiger partial charge in [0.15, 0.2) is 0 Å². The summed E-state index contributed by atoms with van der Waals surface area (Å²) in [4.78, 5) is 0. The van der Waals surface area contributed by atoms with Gasteiger partial charge >= 0.3 is 0 Å². The van der Waals surface area contributed by atoms with Crippen molar-refractivity contribution in [2.24, 2.45) is 0 Å². The number of aliphatic hydroxyl groups is 2. The van der Waals surface area contributed by atoms with Gasteiger partial charge in [-0.1, -0.05) is 46.4 Å². The maximum absolute atomic E-state index is 8.79. The van der Waals surface area contributed by atoms with Gasteiger partial charge in [-0.2, -0.15) is 23.5 Å². The molecule has 0 aromatic heterocycles. The van der Waals surface area contributed by atoms with E-state index in [1.165, 1.54) is 23.5 Å². The van der Waals surface area contributed by atoms with E-state index in [1.807, 2.05) is 0 Å². The molecule has 0 fully saturated rings. The lowest BCUT2D eigenvalue weighted by Gasteiger charge is -2.15. The average Bonchev–Trinajstić information content (AvgIpc) is 2.44. The second-order valence-electron chi connectivity index (χ2n) is 3.77. The molecule has 1 rings (SSSR count). The SMILES string of the molecule is OCCSCc1c(Cl)c(Cl)c(CSCCO)c(Cl)c1Cl. The Hall–Kier alpha value is 1.000. The molecule has 0 heterocycles. The summed E-state index contributed by atoms with van der Waals surface area (Å²) < 4.78 is 0. The maximum atomic E-state index is 8.79. The van der Waals surface area contributed by atoms with E-state index in [-0.39, 0.29) is 13.2 Å². The van der Waals surface area contributed by atoms with E-state index in [9.17, 15) is 0 Å². The molecule has 0 unspecified atom stereocenters. The average molecular weight is 396 g/mol. The fraction of sp³-hybridized carbons (Fsp3) is 0.500. The first-order chi connectivity index (χ1) is 9.54. The summed E-state index contributed by atoms with van der Waals surface area (Å²) in [7, 11) is 0. The predicted octanol–water partition coefficient (Wildman–Crippen LogP) is 4.75. The summed E-state index contributed by atoms with van der Waals surface area (Å²) in [6.07, 6.45) is 0. The molecule has 0 bridgehead atoms. The Morgan fingerprint density at radius 2 is 0.950 bits per heavy atom. The predicted molar refractivity (Wildman–Crippen MR) is 93.0 cm³/mol. The van der Waals surface area contributed by atoms with Gasteiger partial charge in [0.05, 0.1) is 33.3 Å². The first kappa shape index (κ1) is 19.0. The van der Waals surface area contributed by atoms with Crippen LogP contribution in [0.25, 0.3) is 0 Å². The Morgan fingerprint density at radius 1 is 0.650 bits per heavy atom. The van der Waals surface area contributed by atoms with Gasteiger partial charge in [0.25, 0.3) is 0 Å². The van der Waals surface area contributed by atoms with Crippen LogP contribution in [0.15, 0.2) is 0 Å². The number of hydrogen-bond acceptors (Lipinski definition) is 4. The van der Waals surface area contributed by atoms with Crippen molar-refractivity contribution >= 4 is 69.9 Å². The van der Waals surface area contributed by atoms with Crippen molar-refractivity contribution in [1.82, 2.24) is 0 Å². The van der Waals surface area contributed by atoms with E-state index < -0.39 is 0 Å². The summed E-state index contributed by atoms with van der Waals surface area (Å²) in [5, 5.41) is 19.2. The Kier molecular flexibility index (Phi) is 9.43. The molecule has 2 nitrogen and oxygen atoms in total. The minimum Gasteiger partial charge on any atom is -0.396 e. The normalized spacial score (nSPS) is 11.1. The summed E-state index contributed by atoms with van der Waals surface area (Å²) in [5.74, 6) is 2.27. The molecule has 114 valence electrons. The van der Waals surface area contributed by atoms with Gasteiger partial charge in [-0.15, -0.1) is 0 Å². The molecular formula is C12H14Cl4O2S2. The lowest BCUT2D eigenvalue weighted by Crippen LogP contribution is -1.97. The molecule has 1 aromatic carbocycles. The Labute approximate surface area is 147 Å². The van der Waals surface area contributed by atoms with Gasteiger partial charge < -0.3 is 10.2 Å². The number of thioether (sulfide) groups is 2. The lowest BCUT2D eigenvalue weighted by atomic mass is 10.1. The van der Waals surface area contributed by atoms with E-state index in [1.54, 1.807) is 0 Å². The summed E-state index contributed by atoms with van der Waals surface area (Å²) in [5.41, 5.74) is 1.38. The van der Waals surface area contributed by atoms with Crippen LogP contribution in [0.2, 0.25) is 20.1 Å². The molecule has 0 spiro atoms. The van der Waals surface area contributed by atoms with Crippen molar-refractivity contribution in [3.8, 4) is 0 Å². The van der Waals surface area contributed by atoms with Crippen molar-refractivity contribution in [3.63, 3.8) is 0 Å². The molecular weight excluding hydrogens is 382 g/mol. The monoisotopic (exact) mass is 394 g/mol. The molecule has 0 atom stereocenters. The minimum atomic E-state index is 0.0945. The standard InChI is InChI=1S/C12H14Cl4O2S2/c13-9-7(5-19-3-1-17)10(14)12(16)8(11(9)15)6-20-4-2-18/h17-18H,1-6H2. The van der Waals surface area contributed by atoms with E-state index in [2.05, 4.69) is 0 Å². The zero-order valence-electron chi connectivity index (χ0n) is 10.5. The van der Waals surface area contributed by atoms with Crippen LogP contribution in [0.5, 0.6) is 0 Å². The topological polar surface area (TPSA) is 40.5 Å². The van der Waals surface area contributed by atoms with E-state index in [0.29, 0.717) is 54.2 Å². The van der Waals surface area contributed by atoms with Gasteiger partial charge in [0.1, 0.15) is 0 Å². The van der Waals surface area contributed by atoms with Crippen LogP contribution in [0.3, 0.4) is 0 Å². The third-order valence-corrected chi connectivity index (χ3v) is 6.20. The van der Waals surface area contributed by atoms with Crippen LogP contribution in [-0.2, 0) is 11.5 Å². The highest BCUT2D eigenvalue weighted by molar-refractivity contribution is 7.98. The van der Waals surface area contributed by atoms with Crippen LogP contribution < -0.4 is 0 Å². The zero-order valence-corrected chi connectivity index (χ0v) is 15.1. The third kappa shape index (κ3) is 5.03. The van der Waals surface area contributed by atoms with E-state index >= 15 is 0 Å². The molecule has 0 aliphatic rings. The Bertz CT molecular complexity index is 388. The van der Waals surface area contributed by atoms with Gasteiger partial charge in [-0.05, 0) is 0 Å². The fourth-order valence-corrected chi connectivity index (χ4v) is 4.50. The Morgan fingerprint density at radius 3 is 1.20 bits per heavy atom.